The molecular formula is C19H23N3O2S. The standard InChI is InChI=1S/C19H23N3O2S/c1-24-16-6-2-5-14(11-16)17-7-3-9-22(17)18(23)12-15-13-25-19-20-8-4-10-21(15)19/h2,5-6,11,13,17H,3-4,7-10,12H2,1H3/t17-/m1/s1. The van der Waals surface area contributed by atoms with Crippen LogP contribution in [0.1, 0.15) is 37.3 Å². The molecule has 0 spiro atoms. The Morgan fingerprint density at radius 3 is 3.16 bits per heavy atom. The predicted octanol–water partition coefficient (Wildman–Crippen LogP) is 3.40. The van der Waals surface area contributed by atoms with Gasteiger partial charge in [-0.25, -0.2) is 0 Å². The molecule has 3 aliphatic rings. The molecule has 4 rings (SSSR count). The molecule has 0 bridgehead atoms. The molecule has 5 nitrogen and oxygen atoms in total. The summed E-state index contributed by atoms with van der Waals surface area (Å²) >= 11 is 1.65. The van der Waals surface area contributed by atoms with Crippen molar-refractivity contribution in [3.8, 4) is 5.75 Å². The summed E-state index contributed by atoms with van der Waals surface area (Å²) in [5.74, 6) is 1.06. The summed E-state index contributed by atoms with van der Waals surface area (Å²) in [6.07, 6.45) is 3.60. The fourth-order valence-electron chi connectivity index (χ4n) is 3.79. The maximum Gasteiger partial charge on any atom is 0.229 e. The van der Waals surface area contributed by atoms with E-state index >= 15 is 0 Å². The molecule has 3 aliphatic heterocycles. The number of hydrogen-bond acceptors (Lipinski definition) is 5. The van der Waals surface area contributed by atoms with Crippen molar-refractivity contribution in [1.29, 1.82) is 0 Å². The van der Waals surface area contributed by atoms with Crippen LogP contribution in [0.5, 0.6) is 5.75 Å². The molecule has 25 heavy (non-hydrogen) atoms. The third-order valence-electron chi connectivity index (χ3n) is 5.05. The topological polar surface area (TPSA) is 45.1 Å². The Morgan fingerprint density at radius 1 is 1.36 bits per heavy atom. The number of likely N-dealkylation sites (tertiary alicyclic amines) is 1. The van der Waals surface area contributed by atoms with Gasteiger partial charge in [-0.05, 0) is 42.4 Å². The first kappa shape index (κ1) is 16.5. The van der Waals surface area contributed by atoms with Gasteiger partial charge in [0.25, 0.3) is 0 Å². The third kappa shape index (κ3) is 3.27. The van der Waals surface area contributed by atoms with E-state index in [1.165, 1.54) is 5.56 Å². The maximum atomic E-state index is 13.0. The number of fused-ring (bicyclic) bond motifs is 1. The van der Waals surface area contributed by atoms with Gasteiger partial charge >= 0.3 is 0 Å². The van der Waals surface area contributed by atoms with E-state index < -0.39 is 0 Å². The number of ether oxygens (including phenoxy) is 1. The molecule has 1 fully saturated rings. The SMILES string of the molecule is COc1cccc([C@H]2CCCN2C(=O)CC2=CSC3=NCCCN23)c1. The number of amidine groups is 1. The second kappa shape index (κ2) is 7.12. The zero-order valence-corrected chi connectivity index (χ0v) is 15.3. The van der Waals surface area contributed by atoms with Crippen LogP contribution in [-0.2, 0) is 4.79 Å². The molecule has 1 amide bonds. The van der Waals surface area contributed by atoms with Crippen molar-refractivity contribution in [2.45, 2.75) is 31.7 Å². The quantitative estimate of drug-likeness (QED) is 0.828. The van der Waals surface area contributed by atoms with E-state index in [0.29, 0.717) is 6.42 Å². The Morgan fingerprint density at radius 2 is 2.28 bits per heavy atom. The number of aliphatic imine (C=N–C) groups is 1. The fourth-order valence-corrected chi connectivity index (χ4v) is 4.74. The van der Waals surface area contributed by atoms with Crippen molar-refractivity contribution < 1.29 is 9.53 Å². The highest BCUT2D eigenvalue weighted by atomic mass is 32.2. The van der Waals surface area contributed by atoms with Gasteiger partial charge in [0.05, 0.1) is 19.6 Å². The number of methoxy groups -OCH3 is 1. The number of carbonyl (C=O) groups is 1. The highest BCUT2D eigenvalue weighted by Gasteiger charge is 2.33. The van der Waals surface area contributed by atoms with Crippen LogP contribution < -0.4 is 4.74 Å². The second-order valence-corrected chi connectivity index (χ2v) is 7.43. The van der Waals surface area contributed by atoms with E-state index in [2.05, 4.69) is 27.4 Å². The molecule has 1 saturated heterocycles. The first-order chi connectivity index (χ1) is 12.3. The van der Waals surface area contributed by atoms with E-state index in [1.54, 1.807) is 18.9 Å². The predicted molar refractivity (Wildman–Crippen MR) is 101 cm³/mol. The lowest BCUT2D eigenvalue weighted by Gasteiger charge is -2.29. The molecule has 0 N–H and O–H groups in total. The van der Waals surface area contributed by atoms with Gasteiger partial charge in [0.1, 0.15) is 5.75 Å². The molecule has 1 aromatic carbocycles. The molecule has 0 aromatic heterocycles. The van der Waals surface area contributed by atoms with Crippen LogP contribution in [0.15, 0.2) is 40.4 Å². The van der Waals surface area contributed by atoms with E-state index in [9.17, 15) is 4.79 Å². The smallest absolute Gasteiger partial charge is 0.229 e. The number of nitrogens with zero attached hydrogens (tertiary/aromatic N) is 3. The molecule has 1 atom stereocenters. The minimum Gasteiger partial charge on any atom is -0.497 e. The summed E-state index contributed by atoms with van der Waals surface area (Å²) in [7, 11) is 1.68. The van der Waals surface area contributed by atoms with Gasteiger partial charge in [-0.15, -0.1) is 0 Å². The number of carbonyl (C=O) groups excluding carboxylic acids is 1. The summed E-state index contributed by atoms with van der Waals surface area (Å²) in [5.41, 5.74) is 2.27. The number of benzene rings is 1. The minimum absolute atomic E-state index is 0.159. The van der Waals surface area contributed by atoms with Gasteiger partial charge in [-0.1, -0.05) is 23.9 Å². The first-order valence-electron chi connectivity index (χ1n) is 8.87. The molecule has 0 unspecified atom stereocenters. The zero-order valence-electron chi connectivity index (χ0n) is 14.5. The second-order valence-electron chi connectivity index (χ2n) is 6.60. The highest BCUT2D eigenvalue weighted by molar-refractivity contribution is 8.16. The highest BCUT2D eigenvalue weighted by Crippen LogP contribution is 2.36. The Hall–Kier alpha value is -1.95. The summed E-state index contributed by atoms with van der Waals surface area (Å²) < 4.78 is 5.34. The van der Waals surface area contributed by atoms with Crippen LogP contribution in [0.3, 0.4) is 0 Å². The van der Waals surface area contributed by atoms with Gasteiger partial charge < -0.3 is 14.5 Å². The molecule has 0 radical (unpaired) electrons. The fraction of sp³-hybridized carbons (Fsp3) is 0.474. The van der Waals surface area contributed by atoms with Crippen molar-refractivity contribution >= 4 is 22.8 Å². The van der Waals surface area contributed by atoms with Crippen molar-refractivity contribution in [1.82, 2.24) is 9.80 Å². The lowest BCUT2D eigenvalue weighted by Crippen LogP contribution is -2.35. The lowest BCUT2D eigenvalue weighted by atomic mass is 10.0. The van der Waals surface area contributed by atoms with Gasteiger partial charge in [-0.2, -0.15) is 0 Å². The number of hydrogen-bond donors (Lipinski definition) is 0. The van der Waals surface area contributed by atoms with Crippen LogP contribution in [0.4, 0.5) is 0 Å². The van der Waals surface area contributed by atoms with E-state index in [4.69, 9.17) is 4.74 Å². The van der Waals surface area contributed by atoms with Gasteiger partial charge in [0, 0.05) is 25.3 Å². The van der Waals surface area contributed by atoms with E-state index in [1.807, 2.05) is 17.0 Å². The average Bonchev–Trinajstić information content (AvgIpc) is 3.29. The van der Waals surface area contributed by atoms with Gasteiger partial charge in [0.15, 0.2) is 5.17 Å². The van der Waals surface area contributed by atoms with Crippen LogP contribution in [0, 0.1) is 0 Å². The monoisotopic (exact) mass is 357 g/mol. The largest absolute Gasteiger partial charge is 0.497 e. The van der Waals surface area contributed by atoms with Crippen molar-refractivity contribution in [3.63, 3.8) is 0 Å². The van der Waals surface area contributed by atoms with Crippen LogP contribution in [-0.4, -0.2) is 47.6 Å². The Bertz CT molecular complexity index is 731. The Balaban J connectivity index is 1.47. The lowest BCUT2D eigenvalue weighted by molar-refractivity contribution is -0.131. The normalized spacial score (nSPS) is 22.5. The van der Waals surface area contributed by atoms with Crippen molar-refractivity contribution in [2.24, 2.45) is 4.99 Å². The van der Waals surface area contributed by atoms with Crippen LogP contribution >= 0.6 is 11.8 Å². The summed E-state index contributed by atoms with van der Waals surface area (Å²) in [6, 6.07) is 8.26. The molecule has 0 aliphatic carbocycles. The van der Waals surface area contributed by atoms with Crippen molar-refractivity contribution in [2.75, 3.05) is 26.7 Å². The maximum absolute atomic E-state index is 13.0. The summed E-state index contributed by atoms with van der Waals surface area (Å²) in [4.78, 5) is 21.8. The minimum atomic E-state index is 0.159. The van der Waals surface area contributed by atoms with Crippen molar-refractivity contribution in [3.05, 3.63) is 40.9 Å². The van der Waals surface area contributed by atoms with Gasteiger partial charge in [-0.3, -0.25) is 9.79 Å². The number of amides is 1. The third-order valence-corrected chi connectivity index (χ3v) is 6.00. The molecule has 1 aromatic rings. The Kier molecular flexibility index (Phi) is 4.70. The molecule has 6 heteroatoms. The number of rotatable bonds is 4. The summed E-state index contributed by atoms with van der Waals surface area (Å²) in [5, 5.41) is 3.15. The Labute approximate surface area is 152 Å². The summed E-state index contributed by atoms with van der Waals surface area (Å²) in [6.45, 7) is 2.71. The van der Waals surface area contributed by atoms with E-state index in [0.717, 1.165) is 55.5 Å². The van der Waals surface area contributed by atoms with Gasteiger partial charge in [0.2, 0.25) is 5.91 Å². The first-order valence-corrected chi connectivity index (χ1v) is 9.75. The van der Waals surface area contributed by atoms with E-state index in [-0.39, 0.29) is 11.9 Å². The molecule has 132 valence electrons. The zero-order chi connectivity index (χ0) is 17.2. The molecular weight excluding hydrogens is 334 g/mol. The van der Waals surface area contributed by atoms with Crippen LogP contribution in [0.25, 0.3) is 0 Å². The molecule has 0 saturated carbocycles. The molecule has 3 heterocycles. The average molecular weight is 357 g/mol. The number of thioether (sulfide) groups is 1. The van der Waals surface area contributed by atoms with Crippen LogP contribution in [0.2, 0.25) is 0 Å².